The quantitative estimate of drug-likeness (QED) is 0.244. The maximum Gasteiger partial charge on any atom is 0.411 e. The Bertz CT molecular complexity index is 1570. The third-order valence-electron chi connectivity index (χ3n) is 6.93. The first-order chi connectivity index (χ1) is 19.9. The van der Waals surface area contributed by atoms with Crippen LogP contribution < -0.4 is 16.0 Å². The smallest absolute Gasteiger partial charge is 0.411 e. The molecule has 216 valence electrons. The number of carbonyl (C=O) groups is 2. The lowest BCUT2D eigenvalue weighted by Gasteiger charge is -2.19. The van der Waals surface area contributed by atoms with Gasteiger partial charge in [0.2, 0.25) is 0 Å². The van der Waals surface area contributed by atoms with E-state index in [9.17, 15) is 14.0 Å². The van der Waals surface area contributed by atoms with Crippen LogP contribution in [0, 0.1) is 11.6 Å². The fourth-order valence-electron chi connectivity index (χ4n) is 4.81. The molecule has 2 aromatic heterocycles. The van der Waals surface area contributed by atoms with E-state index in [1.54, 1.807) is 25.4 Å². The number of halogens is 2. The van der Waals surface area contributed by atoms with Gasteiger partial charge in [-0.2, -0.15) is 0 Å². The van der Waals surface area contributed by atoms with Gasteiger partial charge in [-0.25, -0.2) is 23.5 Å². The fraction of sp³-hybridized carbons (Fsp3) is 0.357. The second kappa shape index (κ2) is 12.3. The summed E-state index contributed by atoms with van der Waals surface area (Å²) in [6.45, 7) is 1.11. The van der Waals surface area contributed by atoms with Crippen LogP contribution in [0.4, 0.5) is 25.0 Å². The molecule has 2 bridgehead atoms. The van der Waals surface area contributed by atoms with Gasteiger partial charge in [-0.05, 0) is 31.0 Å². The Morgan fingerprint density at radius 3 is 2.83 bits per heavy atom. The van der Waals surface area contributed by atoms with E-state index in [0.29, 0.717) is 36.8 Å². The second-order valence-corrected chi connectivity index (χ2v) is 9.77. The minimum atomic E-state index is -1.00. The van der Waals surface area contributed by atoms with E-state index in [-0.39, 0.29) is 17.6 Å². The average molecular weight is 568 g/mol. The minimum Gasteiger partial charge on any atom is -0.447 e. The number of H-pyrrole nitrogens is 1. The van der Waals surface area contributed by atoms with Crippen LogP contribution in [0.25, 0.3) is 22.3 Å². The molecule has 0 saturated heterocycles. The monoisotopic (exact) mass is 567 g/mol. The largest absolute Gasteiger partial charge is 0.447 e. The molecule has 5 rings (SSSR count). The van der Waals surface area contributed by atoms with E-state index in [0.717, 1.165) is 36.6 Å². The van der Waals surface area contributed by atoms with Crippen molar-refractivity contribution in [3.8, 4) is 11.3 Å². The molecule has 0 saturated carbocycles. The number of methoxy groups -OCH3 is 1. The zero-order valence-electron chi connectivity index (χ0n) is 22.7. The van der Waals surface area contributed by atoms with Crippen LogP contribution in [0.2, 0.25) is 0 Å². The molecule has 2 amide bonds. The predicted octanol–water partition coefficient (Wildman–Crippen LogP) is 4.89. The molecule has 0 unspecified atom stereocenters. The highest BCUT2D eigenvalue weighted by Gasteiger charge is 2.26. The maximum absolute atomic E-state index is 15.2. The number of ether oxygens (including phenoxy) is 2. The maximum atomic E-state index is 15.2. The Morgan fingerprint density at radius 2 is 2.00 bits per heavy atom. The zero-order valence-corrected chi connectivity index (χ0v) is 22.7. The van der Waals surface area contributed by atoms with Crippen molar-refractivity contribution >= 4 is 34.4 Å². The van der Waals surface area contributed by atoms with Gasteiger partial charge in [0.05, 0.1) is 36.4 Å². The Kier molecular flexibility index (Phi) is 8.43. The molecule has 0 aliphatic carbocycles. The molecule has 11 nitrogen and oxygen atoms in total. The fourth-order valence-corrected chi connectivity index (χ4v) is 4.81. The molecular formula is C28H31F2N7O4. The van der Waals surface area contributed by atoms with E-state index >= 15 is 4.39 Å². The first kappa shape index (κ1) is 28.0. The van der Waals surface area contributed by atoms with Crippen molar-refractivity contribution in [1.29, 1.82) is 0 Å². The van der Waals surface area contributed by atoms with Crippen LogP contribution in [-0.4, -0.2) is 58.4 Å². The highest BCUT2D eigenvalue weighted by molar-refractivity contribution is 5.98. The van der Waals surface area contributed by atoms with Crippen molar-refractivity contribution in [2.45, 2.75) is 31.7 Å². The number of fused-ring (bicyclic) bond motifs is 5. The standard InChI is InChI=1S/C28H31F2N7O4/c1-37-15-33-25-22(37)13-18(29)23(24(25)30)27(38)36-19-6-4-3-5-9-31-20-12-16(34-28(39)41-11-10-40-2)7-8-17(20)21-14-32-26(19)35-21/h7-8,12-15,19,31H,3-6,9-11H2,1-2H3,(H,32,35)(H,34,39)(H,36,38)/t19-/m0/s1. The van der Waals surface area contributed by atoms with Crippen LogP contribution in [0.15, 0.2) is 36.8 Å². The van der Waals surface area contributed by atoms with Gasteiger partial charge in [0.15, 0.2) is 5.82 Å². The lowest BCUT2D eigenvalue weighted by molar-refractivity contribution is 0.0923. The molecule has 0 fully saturated rings. The van der Waals surface area contributed by atoms with Gasteiger partial charge in [-0.3, -0.25) is 10.1 Å². The van der Waals surface area contributed by atoms with E-state index in [4.69, 9.17) is 9.47 Å². The van der Waals surface area contributed by atoms with Gasteiger partial charge in [0.1, 0.15) is 29.3 Å². The molecular weight excluding hydrogens is 536 g/mol. The molecule has 41 heavy (non-hydrogen) atoms. The van der Waals surface area contributed by atoms with Crippen LogP contribution in [0.3, 0.4) is 0 Å². The van der Waals surface area contributed by atoms with Gasteiger partial charge in [0.25, 0.3) is 5.91 Å². The van der Waals surface area contributed by atoms with Gasteiger partial charge in [-0.15, -0.1) is 0 Å². The molecule has 4 aromatic rings. The minimum absolute atomic E-state index is 0.0702. The molecule has 1 atom stereocenters. The molecule has 4 N–H and O–H groups in total. The molecule has 3 heterocycles. The Hall–Kier alpha value is -4.52. The molecule has 2 aromatic carbocycles. The van der Waals surface area contributed by atoms with Gasteiger partial charge < -0.3 is 29.7 Å². The van der Waals surface area contributed by atoms with Crippen molar-refractivity contribution in [3.63, 3.8) is 0 Å². The number of hydrogen-bond acceptors (Lipinski definition) is 7. The van der Waals surface area contributed by atoms with E-state index in [1.807, 2.05) is 6.07 Å². The summed E-state index contributed by atoms with van der Waals surface area (Å²) in [7, 11) is 3.15. The zero-order chi connectivity index (χ0) is 28.9. The third kappa shape index (κ3) is 6.14. The van der Waals surface area contributed by atoms with Crippen molar-refractivity contribution in [2.75, 3.05) is 37.5 Å². The molecule has 13 heteroatoms. The van der Waals surface area contributed by atoms with Crippen LogP contribution >= 0.6 is 0 Å². The number of amides is 2. The summed E-state index contributed by atoms with van der Waals surface area (Å²) in [5.74, 6) is -2.38. The van der Waals surface area contributed by atoms with E-state index < -0.39 is 35.2 Å². The predicted molar refractivity (Wildman–Crippen MR) is 149 cm³/mol. The Morgan fingerprint density at radius 1 is 1.15 bits per heavy atom. The summed E-state index contributed by atoms with van der Waals surface area (Å²) < 4.78 is 41.5. The average Bonchev–Trinajstić information content (AvgIpc) is 3.57. The SMILES string of the molecule is COCCOC(=O)Nc1ccc2c(c1)NCCCCC[C@H](NC(=O)c1c(F)cc3c(ncn3C)c1F)c1ncc-2[nH]1. The Labute approximate surface area is 234 Å². The third-order valence-corrected chi connectivity index (χ3v) is 6.93. The first-order valence-corrected chi connectivity index (χ1v) is 13.3. The normalized spacial score (nSPS) is 15.3. The Balaban J connectivity index is 1.39. The molecule has 0 spiro atoms. The molecule has 0 radical (unpaired) electrons. The number of imidazole rings is 2. The number of aromatic amines is 1. The number of nitrogens with one attached hydrogen (secondary N) is 4. The van der Waals surface area contributed by atoms with E-state index in [1.165, 1.54) is 18.0 Å². The summed E-state index contributed by atoms with van der Waals surface area (Å²) in [4.78, 5) is 37.0. The number of hydrogen-bond donors (Lipinski definition) is 4. The highest BCUT2D eigenvalue weighted by Crippen LogP contribution is 2.32. The van der Waals surface area contributed by atoms with Crippen LogP contribution in [0.5, 0.6) is 0 Å². The first-order valence-electron chi connectivity index (χ1n) is 13.3. The summed E-state index contributed by atoms with van der Waals surface area (Å²) in [6, 6.07) is 5.88. The summed E-state index contributed by atoms with van der Waals surface area (Å²) >= 11 is 0. The summed E-state index contributed by atoms with van der Waals surface area (Å²) in [6.07, 6.45) is 5.37. The van der Waals surface area contributed by atoms with Crippen LogP contribution in [-0.2, 0) is 16.5 Å². The van der Waals surface area contributed by atoms with Crippen molar-refractivity contribution in [2.24, 2.45) is 7.05 Å². The number of anilines is 2. The lowest BCUT2D eigenvalue weighted by atomic mass is 10.0. The van der Waals surface area contributed by atoms with E-state index in [2.05, 4.69) is 30.9 Å². The summed E-state index contributed by atoms with van der Waals surface area (Å²) in [5, 5.41) is 8.90. The van der Waals surface area contributed by atoms with Crippen molar-refractivity contribution in [1.82, 2.24) is 24.8 Å². The van der Waals surface area contributed by atoms with Crippen molar-refractivity contribution in [3.05, 3.63) is 59.8 Å². The second-order valence-electron chi connectivity index (χ2n) is 9.77. The number of aromatic nitrogens is 4. The number of aryl methyl sites for hydroxylation is 1. The topological polar surface area (TPSA) is 135 Å². The number of nitrogens with zero attached hydrogens (tertiary/aromatic N) is 3. The van der Waals surface area contributed by atoms with Gasteiger partial charge >= 0.3 is 6.09 Å². The van der Waals surface area contributed by atoms with Crippen LogP contribution in [0.1, 0.15) is 47.9 Å². The van der Waals surface area contributed by atoms with Crippen molar-refractivity contribution < 1.29 is 27.8 Å². The van der Waals surface area contributed by atoms with Gasteiger partial charge in [-0.1, -0.05) is 12.8 Å². The lowest BCUT2D eigenvalue weighted by Crippen LogP contribution is -2.31. The number of benzene rings is 2. The number of rotatable bonds is 6. The van der Waals surface area contributed by atoms with Gasteiger partial charge in [0, 0.05) is 43.7 Å². The highest BCUT2D eigenvalue weighted by atomic mass is 19.1. The molecule has 1 aliphatic rings. The number of carbonyl (C=O) groups excluding carboxylic acids is 2. The summed E-state index contributed by atoms with van der Waals surface area (Å²) in [5.41, 5.74) is 2.29. The molecule has 1 aliphatic heterocycles.